The van der Waals surface area contributed by atoms with E-state index < -0.39 is 5.97 Å². The van der Waals surface area contributed by atoms with Crippen molar-refractivity contribution in [3.8, 4) is 0 Å². The summed E-state index contributed by atoms with van der Waals surface area (Å²) in [5, 5.41) is 17.6. The van der Waals surface area contributed by atoms with Crippen LogP contribution in [0.25, 0.3) is 0 Å². The first-order chi connectivity index (χ1) is 9.49. The third-order valence-corrected chi connectivity index (χ3v) is 3.90. The monoisotopic (exact) mass is 312 g/mol. The zero-order valence-corrected chi connectivity index (χ0v) is 12.2. The maximum Gasteiger partial charge on any atom is 0.313 e. The number of nitrogens with two attached hydrogens (primary N) is 1. The van der Waals surface area contributed by atoms with Crippen LogP contribution in [0.4, 0.5) is 5.95 Å². The number of hydrogen-bond acceptors (Lipinski definition) is 5. The molecule has 1 aromatic carbocycles. The van der Waals surface area contributed by atoms with Gasteiger partial charge >= 0.3 is 5.97 Å². The van der Waals surface area contributed by atoms with Gasteiger partial charge in [0.25, 0.3) is 0 Å². The van der Waals surface area contributed by atoms with Crippen LogP contribution in [0.2, 0.25) is 5.02 Å². The van der Waals surface area contributed by atoms with Gasteiger partial charge in [0, 0.05) is 5.02 Å². The quantitative estimate of drug-likeness (QED) is 0.823. The first kappa shape index (κ1) is 14.7. The summed E-state index contributed by atoms with van der Waals surface area (Å²) in [5.74, 6) is -0.774. The molecule has 20 heavy (non-hydrogen) atoms. The van der Waals surface area contributed by atoms with E-state index in [9.17, 15) is 4.79 Å². The molecule has 0 fully saturated rings. The van der Waals surface area contributed by atoms with Crippen LogP contribution in [0.5, 0.6) is 0 Å². The van der Waals surface area contributed by atoms with Crippen LogP contribution < -0.4 is 5.73 Å². The first-order valence-corrected chi connectivity index (χ1v) is 7.16. The average Bonchev–Trinajstić information content (AvgIpc) is 2.76. The van der Waals surface area contributed by atoms with Gasteiger partial charge in [0.2, 0.25) is 5.95 Å². The minimum atomic E-state index is -0.918. The lowest BCUT2D eigenvalue weighted by Crippen LogP contribution is -2.12. The zero-order valence-electron chi connectivity index (χ0n) is 10.7. The summed E-state index contributed by atoms with van der Waals surface area (Å²) in [6.07, 6.45) is 0. The molecular weight excluding hydrogens is 300 g/mol. The Balaban J connectivity index is 2.31. The van der Waals surface area contributed by atoms with Crippen molar-refractivity contribution in [3.63, 3.8) is 0 Å². The SMILES string of the molecule is CC(c1cccc(Cl)c1)n1c(N)nnc1SCC(=O)O. The number of thioether (sulfide) groups is 1. The highest BCUT2D eigenvalue weighted by atomic mass is 35.5. The van der Waals surface area contributed by atoms with E-state index in [0.29, 0.717) is 10.2 Å². The summed E-state index contributed by atoms with van der Waals surface area (Å²) < 4.78 is 1.69. The Bertz CT molecular complexity index is 632. The lowest BCUT2D eigenvalue weighted by atomic mass is 10.1. The predicted molar refractivity (Wildman–Crippen MR) is 78.1 cm³/mol. The van der Waals surface area contributed by atoms with Crippen LogP contribution in [0.1, 0.15) is 18.5 Å². The number of rotatable bonds is 5. The molecule has 0 aliphatic carbocycles. The topological polar surface area (TPSA) is 94.0 Å². The molecule has 0 spiro atoms. The largest absolute Gasteiger partial charge is 0.481 e. The lowest BCUT2D eigenvalue weighted by Gasteiger charge is -2.16. The number of nitrogen functional groups attached to an aromatic ring is 1. The van der Waals surface area contributed by atoms with Gasteiger partial charge in [-0.3, -0.25) is 9.36 Å². The van der Waals surface area contributed by atoms with E-state index in [-0.39, 0.29) is 17.7 Å². The molecule has 6 nitrogen and oxygen atoms in total. The van der Waals surface area contributed by atoms with Crippen molar-refractivity contribution in [2.45, 2.75) is 18.1 Å². The van der Waals surface area contributed by atoms with Crippen molar-refractivity contribution in [2.75, 3.05) is 11.5 Å². The summed E-state index contributed by atoms with van der Waals surface area (Å²) >= 11 is 7.06. The normalized spacial score (nSPS) is 12.3. The van der Waals surface area contributed by atoms with Crippen LogP contribution in [0, 0.1) is 0 Å². The number of carbonyl (C=O) groups is 1. The van der Waals surface area contributed by atoms with E-state index in [1.165, 1.54) is 0 Å². The van der Waals surface area contributed by atoms with Crippen LogP contribution in [-0.2, 0) is 4.79 Å². The molecule has 8 heteroatoms. The van der Waals surface area contributed by atoms with Gasteiger partial charge in [-0.1, -0.05) is 35.5 Å². The fraction of sp³-hybridized carbons (Fsp3) is 0.250. The second-order valence-electron chi connectivity index (χ2n) is 4.12. The maximum absolute atomic E-state index is 10.6. The standard InChI is InChI=1S/C12H13ClN4O2S/c1-7(8-3-2-4-9(13)5-8)17-11(14)15-16-12(17)20-6-10(18)19/h2-5,7H,6H2,1H3,(H2,14,15)(H,18,19). The Hall–Kier alpha value is -1.73. The van der Waals surface area contributed by atoms with Crippen LogP contribution in [0.15, 0.2) is 29.4 Å². The van der Waals surface area contributed by atoms with Crippen molar-refractivity contribution >= 4 is 35.3 Å². The highest BCUT2D eigenvalue weighted by Crippen LogP contribution is 2.28. The molecule has 0 radical (unpaired) electrons. The Morgan fingerprint density at radius 3 is 2.95 bits per heavy atom. The van der Waals surface area contributed by atoms with Gasteiger partial charge in [0.15, 0.2) is 5.16 Å². The number of nitrogens with zero attached hydrogens (tertiary/aromatic N) is 3. The number of benzene rings is 1. The molecule has 0 aliphatic rings. The molecule has 106 valence electrons. The van der Waals surface area contributed by atoms with Crippen LogP contribution >= 0.6 is 23.4 Å². The smallest absolute Gasteiger partial charge is 0.313 e. The van der Waals surface area contributed by atoms with Gasteiger partial charge in [-0.25, -0.2) is 0 Å². The van der Waals surface area contributed by atoms with Crippen LogP contribution in [-0.4, -0.2) is 31.6 Å². The van der Waals surface area contributed by atoms with E-state index in [1.807, 2.05) is 25.1 Å². The van der Waals surface area contributed by atoms with E-state index in [1.54, 1.807) is 10.6 Å². The molecule has 0 bridgehead atoms. The number of carboxylic acids is 1. The molecule has 2 aromatic rings. The molecule has 3 N–H and O–H groups in total. The highest BCUT2D eigenvalue weighted by Gasteiger charge is 2.18. The van der Waals surface area contributed by atoms with Crippen LogP contribution in [0.3, 0.4) is 0 Å². The number of anilines is 1. The molecule has 2 rings (SSSR count). The highest BCUT2D eigenvalue weighted by molar-refractivity contribution is 7.99. The average molecular weight is 313 g/mol. The Labute approximate surface area is 124 Å². The summed E-state index contributed by atoms with van der Waals surface area (Å²) in [6, 6.07) is 7.24. The Morgan fingerprint density at radius 1 is 1.55 bits per heavy atom. The molecule has 1 aromatic heterocycles. The van der Waals surface area contributed by atoms with Crippen molar-refractivity contribution < 1.29 is 9.90 Å². The Morgan fingerprint density at radius 2 is 2.30 bits per heavy atom. The second kappa shape index (κ2) is 6.15. The number of halogens is 1. The van der Waals surface area contributed by atoms with Crippen molar-refractivity contribution in [2.24, 2.45) is 0 Å². The number of aliphatic carboxylic acids is 1. The number of carboxylic acid groups (broad SMARTS) is 1. The molecule has 0 amide bonds. The van der Waals surface area contributed by atoms with Crippen molar-refractivity contribution in [3.05, 3.63) is 34.9 Å². The molecule has 0 saturated carbocycles. The fourth-order valence-electron chi connectivity index (χ4n) is 1.79. The van der Waals surface area contributed by atoms with Gasteiger partial charge in [-0.2, -0.15) is 0 Å². The first-order valence-electron chi connectivity index (χ1n) is 5.79. The molecule has 0 saturated heterocycles. The summed E-state index contributed by atoms with van der Waals surface area (Å²) in [7, 11) is 0. The van der Waals surface area contributed by atoms with Crippen molar-refractivity contribution in [1.29, 1.82) is 0 Å². The molecule has 0 aliphatic heterocycles. The summed E-state index contributed by atoms with van der Waals surface area (Å²) in [4.78, 5) is 10.6. The van der Waals surface area contributed by atoms with Gasteiger partial charge in [0.05, 0.1) is 11.8 Å². The van der Waals surface area contributed by atoms with Gasteiger partial charge < -0.3 is 10.8 Å². The summed E-state index contributed by atoms with van der Waals surface area (Å²) in [6.45, 7) is 1.93. The van der Waals surface area contributed by atoms with E-state index in [0.717, 1.165) is 17.3 Å². The molecule has 1 heterocycles. The third-order valence-electron chi connectivity index (χ3n) is 2.73. The number of hydrogen-bond donors (Lipinski definition) is 2. The van der Waals surface area contributed by atoms with E-state index in [2.05, 4.69) is 10.2 Å². The Kier molecular flexibility index (Phi) is 4.51. The van der Waals surface area contributed by atoms with Gasteiger partial charge in [-0.15, -0.1) is 10.2 Å². The fourth-order valence-corrected chi connectivity index (χ4v) is 2.73. The van der Waals surface area contributed by atoms with Gasteiger partial charge in [-0.05, 0) is 24.6 Å². The maximum atomic E-state index is 10.6. The van der Waals surface area contributed by atoms with E-state index >= 15 is 0 Å². The molecule has 1 atom stereocenters. The zero-order chi connectivity index (χ0) is 14.7. The lowest BCUT2D eigenvalue weighted by molar-refractivity contribution is -0.133. The van der Waals surface area contributed by atoms with Crippen molar-refractivity contribution in [1.82, 2.24) is 14.8 Å². The second-order valence-corrected chi connectivity index (χ2v) is 5.50. The third kappa shape index (κ3) is 3.23. The molecular formula is C12H13ClN4O2S. The molecule has 1 unspecified atom stereocenters. The van der Waals surface area contributed by atoms with Gasteiger partial charge in [0.1, 0.15) is 0 Å². The minimum Gasteiger partial charge on any atom is -0.481 e. The minimum absolute atomic E-state index is 0.0968. The predicted octanol–water partition coefficient (Wildman–Crippen LogP) is 2.30. The number of aromatic nitrogens is 3. The van der Waals surface area contributed by atoms with E-state index in [4.69, 9.17) is 22.4 Å². The summed E-state index contributed by atoms with van der Waals surface area (Å²) in [5.41, 5.74) is 6.77.